The molecule has 4 rings (SSSR count). The van der Waals surface area contributed by atoms with Crippen molar-refractivity contribution in [3.8, 4) is 0 Å². The van der Waals surface area contributed by atoms with E-state index in [0.717, 1.165) is 36.8 Å². The highest BCUT2D eigenvalue weighted by atomic mass is 16.3. The van der Waals surface area contributed by atoms with Gasteiger partial charge in [-0.3, -0.25) is 0 Å². The van der Waals surface area contributed by atoms with E-state index in [1.165, 1.54) is 73.6 Å². The van der Waals surface area contributed by atoms with Crippen molar-refractivity contribution in [2.75, 3.05) is 0 Å². The molecule has 0 aliphatic heterocycles. The third-order valence-electron chi connectivity index (χ3n) is 7.90. The molecule has 0 bridgehead atoms. The van der Waals surface area contributed by atoms with Crippen LogP contribution in [0, 0.1) is 0 Å². The van der Waals surface area contributed by atoms with Crippen LogP contribution in [0.2, 0.25) is 0 Å². The van der Waals surface area contributed by atoms with E-state index in [2.05, 4.69) is 50.2 Å². The van der Waals surface area contributed by atoms with Crippen molar-refractivity contribution < 1.29 is 10.2 Å². The highest BCUT2D eigenvalue weighted by molar-refractivity contribution is 5.47. The molecule has 0 saturated carbocycles. The minimum Gasteiger partial charge on any atom is -0.388 e. The molecule has 0 aromatic heterocycles. The van der Waals surface area contributed by atoms with Crippen LogP contribution in [0.25, 0.3) is 0 Å². The van der Waals surface area contributed by atoms with Gasteiger partial charge in [0.1, 0.15) is 0 Å². The molecule has 2 nitrogen and oxygen atoms in total. The number of aliphatic hydroxyl groups is 2. The number of aryl methyl sites for hydroxylation is 2. The molecule has 4 atom stereocenters. The zero-order chi connectivity index (χ0) is 28.5. The Hall–Kier alpha value is -1.64. The summed E-state index contributed by atoms with van der Waals surface area (Å²) in [4.78, 5) is 0. The lowest BCUT2D eigenvalue weighted by atomic mass is 9.64. The van der Waals surface area contributed by atoms with Crippen LogP contribution in [0.4, 0.5) is 0 Å². The topological polar surface area (TPSA) is 40.5 Å². The molecule has 2 aromatic rings. The van der Waals surface area contributed by atoms with Crippen LogP contribution in [0.3, 0.4) is 0 Å². The van der Waals surface area contributed by atoms with Gasteiger partial charge < -0.3 is 10.2 Å². The van der Waals surface area contributed by atoms with Crippen LogP contribution < -0.4 is 0 Å². The SMILES string of the molecule is CC.CC.CC.CCCCCCc1ccc2c(c1)C(O)CC1c3ccc(CCCCCC)cc3C(O)CC21. The number of hydrogen-bond donors (Lipinski definition) is 2. The molecule has 2 heteroatoms. The molecule has 38 heavy (non-hydrogen) atoms. The number of aliphatic hydroxyl groups excluding tert-OH is 2. The van der Waals surface area contributed by atoms with Gasteiger partial charge in [-0.25, -0.2) is 0 Å². The predicted molar refractivity (Wildman–Crippen MR) is 167 cm³/mol. The number of fused-ring (bicyclic) bond motifs is 5. The Morgan fingerprint density at radius 2 is 0.895 bits per heavy atom. The number of unbranched alkanes of at least 4 members (excludes halogenated alkanes) is 6. The van der Waals surface area contributed by atoms with Crippen molar-refractivity contribution >= 4 is 0 Å². The Balaban J connectivity index is 0.00000112. The van der Waals surface area contributed by atoms with Crippen LogP contribution in [-0.2, 0) is 12.8 Å². The second-order valence-electron chi connectivity index (χ2n) is 10.3. The molecule has 2 aliphatic carbocycles. The summed E-state index contributed by atoms with van der Waals surface area (Å²) >= 11 is 0. The van der Waals surface area contributed by atoms with Gasteiger partial charge >= 0.3 is 0 Å². The van der Waals surface area contributed by atoms with E-state index < -0.39 is 12.2 Å². The van der Waals surface area contributed by atoms with Crippen molar-refractivity contribution in [3.05, 3.63) is 69.8 Å². The molecular weight excluding hydrogens is 464 g/mol. The third-order valence-corrected chi connectivity index (χ3v) is 7.90. The minimum atomic E-state index is -0.404. The third kappa shape index (κ3) is 9.23. The number of hydrogen-bond acceptors (Lipinski definition) is 2. The van der Waals surface area contributed by atoms with Gasteiger partial charge in [0.2, 0.25) is 0 Å². The molecule has 0 spiro atoms. The van der Waals surface area contributed by atoms with Gasteiger partial charge in [-0.15, -0.1) is 0 Å². The van der Waals surface area contributed by atoms with Gasteiger partial charge in [-0.05, 0) is 83.7 Å². The van der Waals surface area contributed by atoms with Crippen molar-refractivity contribution in [2.24, 2.45) is 0 Å². The van der Waals surface area contributed by atoms with E-state index in [1.807, 2.05) is 41.5 Å². The summed E-state index contributed by atoms with van der Waals surface area (Å²) in [6, 6.07) is 13.5. The van der Waals surface area contributed by atoms with Crippen LogP contribution >= 0.6 is 0 Å². The fraction of sp³-hybridized carbons (Fsp3) is 0.667. The van der Waals surface area contributed by atoms with Gasteiger partial charge in [0.05, 0.1) is 12.2 Å². The second kappa shape index (κ2) is 19.4. The van der Waals surface area contributed by atoms with Crippen LogP contribution in [-0.4, -0.2) is 10.2 Å². The zero-order valence-corrected chi connectivity index (χ0v) is 26.2. The Labute approximate surface area is 236 Å². The summed E-state index contributed by atoms with van der Waals surface area (Å²) in [6.45, 7) is 16.5. The standard InChI is InChI=1S/C30H42O2.3C2H6/c1-3-5-7-9-11-21-13-15-23-25-20-30(32)28-18-22(12-10-8-6-4-2)14-16-24(28)26(25)19-29(31)27(23)17-21;3*1-2/h13-18,25-26,29-32H,3-12,19-20H2,1-2H3;3*1-2H3. The minimum absolute atomic E-state index is 0.306. The average molecular weight is 525 g/mol. The van der Waals surface area contributed by atoms with Crippen LogP contribution in [0.15, 0.2) is 36.4 Å². The van der Waals surface area contributed by atoms with E-state index in [4.69, 9.17) is 0 Å². The van der Waals surface area contributed by atoms with Gasteiger partial charge in [-0.2, -0.15) is 0 Å². The quantitative estimate of drug-likeness (QED) is 0.303. The first-order chi connectivity index (χ1) is 18.6. The smallest absolute Gasteiger partial charge is 0.0799 e. The molecule has 216 valence electrons. The lowest BCUT2D eigenvalue weighted by Crippen LogP contribution is -2.29. The Morgan fingerprint density at radius 1 is 0.526 bits per heavy atom. The first-order valence-electron chi connectivity index (χ1n) is 16.2. The monoisotopic (exact) mass is 524 g/mol. The largest absolute Gasteiger partial charge is 0.388 e. The maximum atomic E-state index is 11.1. The molecule has 2 aliphatic rings. The number of benzene rings is 2. The van der Waals surface area contributed by atoms with Gasteiger partial charge in [-0.1, -0.05) is 130 Å². The first-order valence-corrected chi connectivity index (χ1v) is 16.2. The molecule has 0 amide bonds. The van der Waals surface area contributed by atoms with Crippen molar-refractivity contribution in [1.82, 2.24) is 0 Å². The molecule has 0 fully saturated rings. The zero-order valence-electron chi connectivity index (χ0n) is 26.2. The fourth-order valence-corrected chi connectivity index (χ4v) is 6.07. The maximum absolute atomic E-state index is 11.1. The molecule has 2 aromatic carbocycles. The van der Waals surface area contributed by atoms with Crippen molar-refractivity contribution in [2.45, 2.75) is 156 Å². The Morgan fingerprint density at radius 3 is 1.24 bits per heavy atom. The molecule has 0 saturated heterocycles. The van der Waals surface area contributed by atoms with Gasteiger partial charge in [0, 0.05) is 0 Å². The molecule has 4 unspecified atom stereocenters. The second-order valence-corrected chi connectivity index (χ2v) is 10.3. The average Bonchev–Trinajstić information content (AvgIpc) is 2.97. The van der Waals surface area contributed by atoms with Crippen LogP contribution in [0.5, 0.6) is 0 Å². The van der Waals surface area contributed by atoms with Crippen molar-refractivity contribution in [3.63, 3.8) is 0 Å². The summed E-state index contributed by atoms with van der Waals surface area (Å²) in [5.74, 6) is 0.612. The van der Waals surface area contributed by atoms with Gasteiger partial charge in [0.15, 0.2) is 0 Å². The van der Waals surface area contributed by atoms with E-state index in [0.29, 0.717) is 11.8 Å². The van der Waals surface area contributed by atoms with E-state index in [-0.39, 0.29) is 0 Å². The van der Waals surface area contributed by atoms with E-state index in [9.17, 15) is 10.2 Å². The highest BCUT2D eigenvalue weighted by Crippen LogP contribution is 2.54. The van der Waals surface area contributed by atoms with Crippen LogP contribution in [0.1, 0.15) is 177 Å². The molecule has 2 N–H and O–H groups in total. The highest BCUT2D eigenvalue weighted by Gasteiger charge is 2.41. The number of rotatable bonds is 10. The summed E-state index contributed by atoms with van der Waals surface area (Å²) in [5, 5.41) is 22.2. The maximum Gasteiger partial charge on any atom is 0.0799 e. The normalized spacial score (nSPS) is 20.7. The van der Waals surface area contributed by atoms with E-state index >= 15 is 0 Å². The van der Waals surface area contributed by atoms with Crippen molar-refractivity contribution in [1.29, 1.82) is 0 Å². The fourth-order valence-electron chi connectivity index (χ4n) is 6.07. The first kappa shape index (κ1) is 34.4. The predicted octanol–water partition coefficient (Wildman–Crippen LogP) is 10.8. The summed E-state index contributed by atoms with van der Waals surface area (Å²) in [7, 11) is 0. The Bertz CT molecular complexity index is 813. The molecule has 0 heterocycles. The van der Waals surface area contributed by atoms with Gasteiger partial charge in [0.25, 0.3) is 0 Å². The Kier molecular flexibility index (Phi) is 17.6. The lowest BCUT2D eigenvalue weighted by molar-refractivity contribution is 0.101. The lowest BCUT2D eigenvalue weighted by Gasteiger charge is -2.42. The summed E-state index contributed by atoms with van der Waals surface area (Å²) in [6.07, 6.45) is 13.1. The summed E-state index contributed by atoms with van der Waals surface area (Å²) < 4.78 is 0. The molecule has 0 radical (unpaired) electrons. The summed E-state index contributed by atoms with van der Waals surface area (Å²) in [5.41, 5.74) is 7.45. The molecular formula is C36H60O2. The van der Waals surface area contributed by atoms with E-state index in [1.54, 1.807) is 0 Å².